The predicted molar refractivity (Wildman–Crippen MR) is 143 cm³/mol. The fraction of sp³-hybridized carbons (Fsp3) is 0.630. The number of aromatic nitrogens is 2. The highest BCUT2D eigenvalue weighted by atomic mass is 32.2. The van der Waals surface area contributed by atoms with Gasteiger partial charge in [-0.2, -0.15) is 22.5 Å². The minimum absolute atomic E-state index is 0.0215. The minimum Gasteiger partial charge on any atom is -0.378 e. The first kappa shape index (κ1) is 27.9. The summed E-state index contributed by atoms with van der Waals surface area (Å²) < 4.78 is 50.8. The van der Waals surface area contributed by atoms with Crippen molar-refractivity contribution in [3.8, 4) is 0 Å². The first-order chi connectivity index (χ1) is 17.9. The molecule has 1 aliphatic heterocycles. The van der Waals surface area contributed by atoms with Gasteiger partial charge in [-0.15, -0.1) is 5.10 Å². The lowest BCUT2D eigenvalue weighted by Gasteiger charge is -2.40. The number of nitrogens with one attached hydrogen (secondary N) is 1. The number of hydrogen-bond donors (Lipinski definition) is 1. The molecule has 0 radical (unpaired) electrons. The molecule has 1 N–H and O–H groups in total. The molecule has 2 heterocycles. The summed E-state index contributed by atoms with van der Waals surface area (Å²) in [5, 5.41) is 8.27. The van der Waals surface area contributed by atoms with Crippen LogP contribution in [0.5, 0.6) is 0 Å². The zero-order valence-electron chi connectivity index (χ0n) is 21.9. The van der Waals surface area contributed by atoms with E-state index < -0.39 is 10.2 Å². The van der Waals surface area contributed by atoms with Crippen LogP contribution in [0.15, 0.2) is 42.6 Å². The molecule has 2 fully saturated rings. The van der Waals surface area contributed by atoms with Crippen molar-refractivity contribution in [1.29, 1.82) is 0 Å². The fourth-order valence-corrected chi connectivity index (χ4v) is 7.18. The quantitative estimate of drug-likeness (QED) is 0.468. The molecule has 0 unspecified atom stereocenters. The van der Waals surface area contributed by atoms with Crippen molar-refractivity contribution in [3.63, 3.8) is 0 Å². The first-order valence-electron chi connectivity index (χ1n) is 13.6. The molecule has 0 spiro atoms. The van der Waals surface area contributed by atoms with Gasteiger partial charge < -0.3 is 9.64 Å². The van der Waals surface area contributed by atoms with Crippen molar-refractivity contribution in [1.82, 2.24) is 19.2 Å². The number of piperidine rings is 1. The van der Waals surface area contributed by atoms with E-state index in [9.17, 15) is 12.8 Å². The minimum atomic E-state index is -3.58. The van der Waals surface area contributed by atoms with Gasteiger partial charge in [-0.25, -0.2) is 4.39 Å². The summed E-state index contributed by atoms with van der Waals surface area (Å²) in [5.74, 6) is 0.947. The summed E-state index contributed by atoms with van der Waals surface area (Å²) in [6, 6.07) is 10.5. The molecule has 37 heavy (non-hydrogen) atoms. The van der Waals surface area contributed by atoms with E-state index in [1.165, 1.54) is 10.4 Å². The summed E-state index contributed by atoms with van der Waals surface area (Å²) in [4.78, 5) is 2.16. The van der Waals surface area contributed by atoms with E-state index in [-0.39, 0.29) is 23.9 Å². The smallest absolute Gasteiger partial charge is 0.279 e. The number of nitrogens with zero attached hydrogens (tertiary/aromatic N) is 4. The monoisotopic (exact) mass is 533 g/mol. The molecule has 2 aromatic rings. The Kier molecular flexibility index (Phi) is 9.86. The van der Waals surface area contributed by atoms with Crippen LogP contribution in [0.4, 0.5) is 10.2 Å². The largest absolute Gasteiger partial charge is 0.378 e. The summed E-state index contributed by atoms with van der Waals surface area (Å²) in [6.45, 7) is 6.60. The third-order valence-corrected chi connectivity index (χ3v) is 9.34. The third kappa shape index (κ3) is 7.46. The van der Waals surface area contributed by atoms with E-state index in [2.05, 4.69) is 19.8 Å². The van der Waals surface area contributed by atoms with Crippen LogP contribution in [0, 0.1) is 11.7 Å². The van der Waals surface area contributed by atoms with Crippen LogP contribution in [0.1, 0.15) is 63.9 Å². The molecule has 1 saturated heterocycles. The maximum absolute atomic E-state index is 13.7. The lowest BCUT2D eigenvalue weighted by atomic mass is 9.82. The van der Waals surface area contributed by atoms with Crippen molar-refractivity contribution in [2.24, 2.45) is 5.92 Å². The molecule has 2 atom stereocenters. The molecule has 8 nitrogen and oxygen atoms in total. The topological polar surface area (TPSA) is 87.7 Å². The Hall–Kier alpha value is -2.14. The SMILES string of the molecule is CCCN(CC)S(=O)(=O)N[C@H]1CCN(c2cccnn2)C[C@H]1CO[C@H]1CC[C@@H](c2cccc(F)c2)CC1. The van der Waals surface area contributed by atoms with Gasteiger partial charge in [0.25, 0.3) is 10.2 Å². The molecule has 0 bridgehead atoms. The van der Waals surface area contributed by atoms with Crippen LogP contribution in [0.3, 0.4) is 0 Å². The van der Waals surface area contributed by atoms with Crippen LogP contribution in [0.25, 0.3) is 0 Å². The van der Waals surface area contributed by atoms with E-state index in [1.807, 2.05) is 32.0 Å². The van der Waals surface area contributed by atoms with Gasteiger partial charge in [0, 0.05) is 44.3 Å². The molecule has 204 valence electrons. The number of benzene rings is 1. The molecule has 4 rings (SSSR count). The second kappa shape index (κ2) is 13.1. The number of hydrogen-bond acceptors (Lipinski definition) is 6. The molecule has 1 aromatic heterocycles. The van der Waals surface area contributed by atoms with Gasteiger partial charge in [0.1, 0.15) is 5.82 Å². The highest BCUT2D eigenvalue weighted by Crippen LogP contribution is 2.35. The number of anilines is 1. The molecule has 1 aliphatic carbocycles. The van der Waals surface area contributed by atoms with Crippen LogP contribution < -0.4 is 9.62 Å². The predicted octanol–water partition coefficient (Wildman–Crippen LogP) is 4.12. The van der Waals surface area contributed by atoms with Crippen molar-refractivity contribution in [3.05, 3.63) is 54.0 Å². The summed E-state index contributed by atoms with van der Waals surface area (Å²) >= 11 is 0. The molecule has 2 aliphatic rings. The maximum atomic E-state index is 13.7. The van der Waals surface area contributed by atoms with Gasteiger partial charge in [0.05, 0.1) is 12.7 Å². The van der Waals surface area contributed by atoms with Crippen molar-refractivity contribution in [2.75, 3.05) is 37.7 Å². The first-order valence-corrected chi connectivity index (χ1v) is 15.0. The van der Waals surface area contributed by atoms with E-state index in [0.717, 1.165) is 43.5 Å². The summed E-state index contributed by atoms with van der Waals surface area (Å²) in [5.41, 5.74) is 1.06. The van der Waals surface area contributed by atoms with E-state index in [1.54, 1.807) is 18.3 Å². The Morgan fingerprint density at radius 2 is 1.95 bits per heavy atom. The van der Waals surface area contributed by atoms with Gasteiger partial charge in [-0.3, -0.25) is 0 Å². The van der Waals surface area contributed by atoms with Gasteiger partial charge in [-0.05, 0) is 74.3 Å². The van der Waals surface area contributed by atoms with Crippen LogP contribution in [-0.4, -0.2) is 67.9 Å². The van der Waals surface area contributed by atoms with Gasteiger partial charge in [-0.1, -0.05) is 26.0 Å². The third-order valence-electron chi connectivity index (χ3n) is 7.62. The Balaban J connectivity index is 1.39. The molecular formula is C27H40FN5O3S. The lowest BCUT2D eigenvalue weighted by molar-refractivity contribution is -0.00226. The Labute approximate surface area is 220 Å². The van der Waals surface area contributed by atoms with Gasteiger partial charge in [0.15, 0.2) is 5.82 Å². The number of rotatable bonds is 11. The Morgan fingerprint density at radius 1 is 1.14 bits per heavy atom. The van der Waals surface area contributed by atoms with E-state index in [0.29, 0.717) is 45.1 Å². The van der Waals surface area contributed by atoms with Crippen LogP contribution in [0.2, 0.25) is 0 Å². The lowest BCUT2D eigenvalue weighted by Crippen LogP contribution is -2.55. The highest BCUT2D eigenvalue weighted by molar-refractivity contribution is 7.87. The molecule has 0 amide bonds. The molecule has 1 saturated carbocycles. The van der Waals surface area contributed by atoms with Crippen molar-refractivity contribution >= 4 is 16.0 Å². The Bertz CT molecular complexity index is 1080. The average Bonchev–Trinajstić information content (AvgIpc) is 2.91. The van der Waals surface area contributed by atoms with Crippen molar-refractivity contribution < 1.29 is 17.5 Å². The van der Waals surface area contributed by atoms with Crippen LogP contribution >= 0.6 is 0 Å². The number of ether oxygens (including phenoxy) is 1. The second-order valence-corrected chi connectivity index (χ2v) is 11.9. The molecule has 1 aromatic carbocycles. The zero-order chi connectivity index (χ0) is 26.3. The highest BCUT2D eigenvalue weighted by Gasteiger charge is 2.35. The summed E-state index contributed by atoms with van der Waals surface area (Å²) in [7, 11) is -3.58. The average molecular weight is 534 g/mol. The normalized spacial score (nSPS) is 24.9. The van der Waals surface area contributed by atoms with Crippen LogP contribution in [-0.2, 0) is 14.9 Å². The molecule has 10 heteroatoms. The van der Waals surface area contributed by atoms with E-state index in [4.69, 9.17) is 4.74 Å². The zero-order valence-corrected chi connectivity index (χ0v) is 22.7. The van der Waals surface area contributed by atoms with Crippen molar-refractivity contribution in [2.45, 2.75) is 70.4 Å². The fourth-order valence-electron chi connectivity index (χ4n) is 5.57. The van der Waals surface area contributed by atoms with Gasteiger partial charge in [0.2, 0.25) is 0 Å². The maximum Gasteiger partial charge on any atom is 0.279 e. The number of halogens is 1. The summed E-state index contributed by atoms with van der Waals surface area (Å²) in [6.07, 6.45) is 6.96. The molecular weight excluding hydrogens is 493 g/mol. The standard InChI is InChI=1S/C27H40FN5O3S/c1-3-16-33(4-2)37(34,35)31-26-14-17-32(27-9-6-15-29-30-27)19-23(26)20-36-25-12-10-21(11-13-25)22-7-5-8-24(28)18-22/h5-9,15,18,21,23,25-26,31H,3-4,10-14,16-17,19-20H2,1-2H3/t21-,23-,25+,26-/m0/s1. The second-order valence-electron chi connectivity index (χ2n) is 10.2. The Morgan fingerprint density at radius 3 is 2.62 bits per heavy atom. The van der Waals surface area contributed by atoms with E-state index >= 15 is 0 Å². The van der Waals surface area contributed by atoms with Gasteiger partial charge >= 0.3 is 0 Å².